The normalized spacial score (nSPS) is 22.0. The predicted octanol–water partition coefficient (Wildman–Crippen LogP) is 5.75. The summed E-state index contributed by atoms with van der Waals surface area (Å²) in [5.74, 6) is 1.93. The average molecular weight is 487 g/mol. The molecular formula is C22H23ClN6OS2. The molecule has 0 amide bonds. The molecule has 2 unspecified atom stereocenters. The van der Waals surface area contributed by atoms with Gasteiger partial charge in [0.2, 0.25) is 5.95 Å². The summed E-state index contributed by atoms with van der Waals surface area (Å²) in [5.41, 5.74) is 1.40. The van der Waals surface area contributed by atoms with E-state index in [9.17, 15) is 0 Å². The number of nitrogens with zero attached hydrogens (tertiary/aromatic N) is 6. The second kappa shape index (κ2) is 8.70. The molecule has 0 bridgehead atoms. The third-order valence-corrected chi connectivity index (χ3v) is 8.24. The topological polar surface area (TPSA) is 69.0 Å². The molecule has 10 heteroatoms. The maximum atomic E-state index is 6.66. The summed E-state index contributed by atoms with van der Waals surface area (Å²) in [6, 6.07) is 4.02. The van der Waals surface area contributed by atoms with Gasteiger partial charge in [-0.05, 0) is 43.6 Å². The summed E-state index contributed by atoms with van der Waals surface area (Å²) in [6.45, 7) is 2.58. The van der Waals surface area contributed by atoms with Crippen molar-refractivity contribution in [3.63, 3.8) is 0 Å². The molecule has 2 aliphatic heterocycles. The third kappa shape index (κ3) is 3.71. The Balaban J connectivity index is 1.47. The van der Waals surface area contributed by atoms with Gasteiger partial charge in [-0.2, -0.15) is 0 Å². The summed E-state index contributed by atoms with van der Waals surface area (Å²) >= 11 is 10.0. The quantitative estimate of drug-likeness (QED) is 0.342. The molecule has 6 rings (SSSR count). The molecule has 166 valence electrons. The first kappa shape index (κ1) is 20.5. The number of aromatic nitrogens is 5. The molecular weight excluding hydrogens is 464 g/mol. The van der Waals surface area contributed by atoms with Crippen LogP contribution in [0.3, 0.4) is 0 Å². The first-order chi connectivity index (χ1) is 15.8. The molecule has 2 saturated heterocycles. The fraction of sp³-hybridized carbons (Fsp3) is 0.455. The van der Waals surface area contributed by atoms with E-state index in [2.05, 4.69) is 24.8 Å². The number of hydrogen-bond donors (Lipinski definition) is 0. The molecule has 2 fully saturated rings. The molecule has 0 aromatic carbocycles. The van der Waals surface area contributed by atoms with Crippen LogP contribution in [0.4, 0.5) is 5.95 Å². The lowest BCUT2D eigenvalue weighted by molar-refractivity contribution is -0.0290. The molecule has 0 spiro atoms. The minimum absolute atomic E-state index is 0.0915. The van der Waals surface area contributed by atoms with Crippen LogP contribution in [0.25, 0.3) is 21.9 Å². The first-order valence-corrected chi connectivity index (χ1v) is 13.2. The lowest BCUT2D eigenvalue weighted by atomic mass is 9.99. The zero-order valence-electron chi connectivity index (χ0n) is 17.5. The van der Waals surface area contributed by atoms with Gasteiger partial charge >= 0.3 is 0 Å². The highest BCUT2D eigenvalue weighted by atomic mass is 35.5. The van der Waals surface area contributed by atoms with Gasteiger partial charge in [-0.25, -0.2) is 19.9 Å². The van der Waals surface area contributed by atoms with Crippen molar-refractivity contribution in [3.8, 4) is 10.7 Å². The summed E-state index contributed by atoms with van der Waals surface area (Å²) in [4.78, 5) is 22.4. The fourth-order valence-corrected chi connectivity index (χ4v) is 6.29. The highest BCUT2D eigenvalue weighted by molar-refractivity contribution is 7.13. The molecule has 2 atom stereocenters. The lowest BCUT2D eigenvalue weighted by Gasteiger charge is -2.34. The number of fused-ring (bicyclic) bond motifs is 1. The van der Waals surface area contributed by atoms with Crippen molar-refractivity contribution in [1.82, 2.24) is 24.5 Å². The molecule has 4 aromatic heterocycles. The van der Waals surface area contributed by atoms with Gasteiger partial charge in [-0.15, -0.1) is 22.7 Å². The monoisotopic (exact) mass is 486 g/mol. The number of anilines is 1. The second-order valence-electron chi connectivity index (χ2n) is 8.25. The number of thiazole rings is 1. The Morgan fingerprint density at radius 2 is 2.03 bits per heavy atom. The molecule has 32 heavy (non-hydrogen) atoms. The van der Waals surface area contributed by atoms with E-state index in [1.54, 1.807) is 22.7 Å². The van der Waals surface area contributed by atoms with E-state index >= 15 is 0 Å². The van der Waals surface area contributed by atoms with Crippen LogP contribution >= 0.6 is 34.3 Å². The highest BCUT2D eigenvalue weighted by Crippen LogP contribution is 2.38. The Labute approximate surface area is 199 Å². The predicted molar refractivity (Wildman–Crippen MR) is 129 cm³/mol. The van der Waals surface area contributed by atoms with Gasteiger partial charge in [0.15, 0.2) is 16.6 Å². The van der Waals surface area contributed by atoms with Crippen LogP contribution in [0, 0.1) is 0 Å². The molecule has 0 saturated carbocycles. The van der Waals surface area contributed by atoms with Gasteiger partial charge in [-0.1, -0.05) is 17.7 Å². The molecule has 0 aliphatic carbocycles. The molecule has 4 aromatic rings. The van der Waals surface area contributed by atoms with Crippen LogP contribution in [0.5, 0.6) is 0 Å². The molecule has 0 N–H and O–H groups in total. The van der Waals surface area contributed by atoms with Gasteiger partial charge < -0.3 is 9.64 Å². The van der Waals surface area contributed by atoms with Gasteiger partial charge in [-0.3, -0.25) is 4.57 Å². The van der Waals surface area contributed by atoms with Crippen molar-refractivity contribution >= 4 is 51.4 Å². The number of imidazole rings is 1. The largest absolute Gasteiger partial charge is 0.358 e. The Bertz CT molecular complexity index is 1200. The van der Waals surface area contributed by atoms with Gasteiger partial charge in [0, 0.05) is 37.2 Å². The number of halogens is 1. The maximum Gasteiger partial charge on any atom is 0.210 e. The SMILES string of the molecule is Clc1nc(-c2cccs2)nc2c1nc(N1CCCC(c3nccs3)C1)n2C1CCCCO1. The molecule has 0 radical (unpaired) electrons. The Hall–Kier alpha value is -2.07. The molecule has 2 aliphatic rings. The van der Waals surface area contributed by atoms with Crippen LogP contribution in [0.2, 0.25) is 5.15 Å². The molecule has 6 heterocycles. The Morgan fingerprint density at radius 3 is 2.81 bits per heavy atom. The fourth-order valence-electron chi connectivity index (χ4n) is 4.66. The zero-order chi connectivity index (χ0) is 21.5. The van der Waals surface area contributed by atoms with Crippen molar-refractivity contribution in [2.24, 2.45) is 0 Å². The van der Waals surface area contributed by atoms with Crippen LogP contribution in [-0.4, -0.2) is 44.2 Å². The van der Waals surface area contributed by atoms with Crippen molar-refractivity contribution in [1.29, 1.82) is 0 Å². The summed E-state index contributed by atoms with van der Waals surface area (Å²) in [6.07, 6.45) is 7.20. The van der Waals surface area contributed by atoms with E-state index in [4.69, 9.17) is 26.3 Å². The summed E-state index contributed by atoms with van der Waals surface area (Å²) < 4.78 is 8.39. The first-order valence-electron chi connectivity index (χ1n) is 11.0. The standard InChI is InChI=1S/C22H23ClN6OS2/c23-18-17-20(27-19(26-18)15-6-4-11-31-15)29(16-7-1-2-10-30-16)22(25-17)28-9-3-5-14(13-28)21-24-8-12-32-21/h4,6,8,11-12,14,16H,1-3,5,7,9-10,13H2. The Kier molecular flexibility index (Phi) is 5.58. The number of hydrogen-bond acceptors (Lipinski definition) is 8. The van der Waals surface area contributed by atoms with Crippen molar-refractivity contribution in [2.75, 3.05) is 24.6 Å². The van der Waals surface area contributed by atoms with Crippen molar-refractivity contribution in [2.45, 2.75) is 44.2 Å². The average Bonchev–Trinajstić information content (AvgIpc) is 3.61. The number of piperidine rings is 1. The van der Waals surface area contributed by atoms with Gasteiger partial charge in [0.1, 0.15) is 11.7 Å². The van der Waals surface area contributed by atoms with Crippen molar-refractivity contribution < 1.29 is 4.74 Å². The van der Waals surface area contributed by atoms with Crippen LogP contribution in [0.1, 0.15) is 49.3 Å². The second-order valence-corrected chi connectivity index (χ2v) is 10.5. The highest BCUT2D eigenvalue weighted by Gasteiger charge is 2.31. The molecule has 7 nitrogen and oxygen atoms in total. The van der Waals surface area contributed by atoms with E-state index in [1.807, 2.05) is 23.7 Å². The van der Waals surface area contributed by atoms with Crippen LogP contribution < -0.4 is 4.90 Å². The number of rotatable bonds is 4. The maximum absolute atomic E-state index is 6.66. The van der Waals surface area contributed by atoms with E-state index in [0.717, 1.165) is 68.3 Å². The van der Waals surface area contributed by atoms with E-state index < -0.39 is 0 Å². The minimum atomic E-state index is -0.0915. The van der Waals surface area contributed by atoms with Gasteiger partial charge in [0.25, 0.3) is 0 Å². The van der Waals surface area contributed by atoms with Crippen molar-refractivity contribution in [3.05, 3.63) is 39.3 Å². The van der Waals surface area contributed by atoms with Crippen LogP contribution in [-0.2, 0) is 4.74 Å². The summed E-state index contributed by atoms with van der Waals surface area (Å²) in [7, 11) is 0. The summed E-state index contributed by atoms with van der Waals surface area (Å²) in [5, 5.41) is 5.67. The third-order valence-electron chi connectivity index (χ3n) is 6.17. The number of thiophene rings is 1. The van der Waals surface area contributed by atoms with Crippen LogP contribution in [0.15, 0.2) is 29.1 Å². The minimum Gasteiger partial charge on any atom is -0.358 e. The lowest BCUT2D eigenvalue weighted by Crippen LogP contribution is -2.37. The smallest absolute Gasteiger partial charge is 0.210 e. The zero-order valence-corrected chi connectivity index (χ0v) is 19.9. The van der Waals surface area contributed by atoms with E-state index in [1.165, 1.54) is 5.01 Å². The van der Waals surface area contributed by atoms with Gasteiger partial charge in [0.05, 0.1) is 9.88 Å². The number of ether oxygens (including phenoxy) is 1. The Morgan fingerprint density at radius 1 is 1.06 bits per heavy atom. The van der Waals surface area contributed by atoms with E-state index in [0.29, 0.717) is 22.4 Å². The van der Waals surface area contributed by atoms with E-state index in [-0.39, 0.29) is 6.23 Å².